The van der Waals surface area contributed by atoms with Crippen LogP contribution in [-0.4, -0.2) is 27.5 Å². The van der Waals surface area contributed by atoms with Gasteiger partial charge in [0.25, 0.3) is 0 Å². The molecular weight excluding hydrogens is 275 g/mol. The molecule has 6 heteroatoms. The average Bonchev–Trinajstić information content (AvgIpc) is 2.82. The third-order valence-corrected chi connectivity index (χ3v) is 2.73. The molecular formula is C15H15FN2O3. The van der Waals surface area contributed by atoms with Gasteiger partial charge < -0.3 is 9.84 Å². The van der Waals surface area contributed by atoms with E-state index in [1.54, 1.807) is 16.9 Å². The maximum atomic E-state index is 13.4. The molecule has 0 amide bonds. The summed E-state index contributed by atoms with van der Waals surface area (Å²) in [5.41, 5.74) is 1.47. The van der Waals surface area contributed by atoms with Crippen LogP contribution in [0, 0.1) is 5.82 Å². The molecule has 0 atom stereocenters. The van der Waals surface area contributed by atoms with E-state index in [1.807, 2.05) is 13.2 Å². The van der Waals surface area contributed by atoms with Crippen LogP contribution in [0.1, 0.15) is 11.1 Å². The number of ether oxygens (including phenoxy) is 1. The van der Waals surface area contributed by atoms with Gasteiger partial charge in [0.05, 0.1) is 12.8 Å². The van der Waals surface area contributed by atoms with E-state index in [4.69, 9.17) is 9.84 Å². The van der Waals surface area contributed by atoms with Gasteiger partial charge >= 0.3 is 5.97 Å². The summed E-state index contributed by atoms with van der Waals surface area (Å²) in [6.45, 7) is 0.386. The van der Waals surface area contributed by atoms with E-state index in [0.29, 0.717) is 24.3 Å². The monoisotopic (exact) mass is 290 g/mol. The number of nitrogens with zero attached hydrogens (tertiary/aromatic N) is 2. The van der Waals surface area contributed by atoms with E-state index >= 15 is 0 Å². The van der Waals surface area contributed by atoms with Gasteiger partial charge in [-0.3, -0.25) is 4.68 Å². The number of aromatic nitrogens is 2. The number of carboxylic acids is 1. The molecule has 0 unspecified atom stereocenters. The Hall–Kier alpha value is -2.63. The van der Waals surface area contributed by atoms with Crippen molar-refractivity contribution >= 4 is 12.0 Å². The van der Waals surface area contributed by atoms with E-state index in [9.17, 15) is 9.18 Å². The van der Waals surface area contributed by atoms with Crippen molar-refractivity contribution in [2.75, 3.05) is 6.61 Å². The quantitative estimate of drug-likeness (QED) is 0.829. The van der Waals surface area contributed by atoms with Crippen LogP contribution in [0.4, 0.5) is 4.39 Å². The highest BCUT2D eigenvalue weighted by atomic mass is 19.1. The van der Waals surface area contributed by atoms with Crippen LogP contribution in [0.3, 0.4) is 0 Å². The average molecular weight is 290 g/mol. The largest absolute Gasteiger partial charge is 0.493 e. The van der Waals surface area contributed by atoms with Gasteiger partial charge in [-0.25, -0.2) is 9.18 Å². The fraction of sp³-hybridized carbons (Fsp3) is 0.200. The minimum atomic E-state index is -1.08. The van der Waals surface area contributed by atoms with Crippen LogP contribution in [0.15, 0.2) is 36.7 Å². The molecule has 110 valence electrons. The van der Waals surface area contributed by atoms with Crippen molar-refractivity contribution in [3.8, 4) is 5.75 Å². The first-order chi connectivity index (χ1) is 10.0. The predicted molar refractivity (Wildman–Crippen MR) is 75.5 cm³/mol. The zero-order valence-electron chi connectivity index (χ0n) is 11.5. The third kappa shape index (κ3) is 4.76. The molecule has 0 saturated carbocycles. The summed E-state index contributed by atoms with van der Waals surface area (Å²) < 4.78 is 20.6. The van der Waals surface area contributed by atoms with E-state index in [-0.39, 0.29) is 0 Å². The number of hydrogen-bond acceptors (Lipinski definition) is 3. The molecule has 0 spiro atoms. The van der Waals surface area contributed by atoms with E-state index in [2.05, 4.69) is 5.10 Å². The van der Waals surface area contributed by atoms with Crippen LogP contribution in [0.25, 0.3) is 6.08 Å². The third-order valence-electron chi connectivity index (χ3n) is 2.73. The number of benzene rings is 1. The number of carboxylic acid groups (broad SMARTS) is 1. The highest BCUT2D eigenvalue weighted by molar-refractivity contribution is 5.85. The van der Waals surface area contributed by atoms with Crippen molar-refractivity contribution in [3.05, 3.63) is 53.6 Å². The molecule has 1 N–H and O–H groups in total. The molecule has 0 fully saturated rings. The summed E-state index contributed by atoms with van der Waals surface area (Å²) in [7, 11) is 1.83. The Labute approximate surface area is 121 Å². The van der Waals surface area contributed by atoms with E-state index in [0.717, 1.165) is 11.6 Å². The van der Waals surface area contributed by atoms with Crippen LogP contribution >= 0.6 is 0 Å². The topological polar surface area (TPSA) is 64.3 Å². The smallest absolute Gasteiger partial charge is 0.328 e. The molecule has 5 nitrogen and oxygen atoms in total. The lowest BCUT2D eigenvalue weighted by atomic mass is 10.2. The van der Waals surface area contributed by atoms with Crippen molar-refractivity contribution in [2.45, 2.75) is 6.42 Å². The van der Waals surface area contributed by atoms with Crippen LogP contribution in [0.5, 0.6) is 5.75 Å². The standard InChI is InChI=1S/C15H15FN2O3/c1-18-10-12(9-17-18)4-5-21-14-7-11(2-3-15(19)20)6-13(16)8-14/h2-3,6-10H,4-5H2,1H3,(H,19,20)/b3-2+. The first-order valence-corrected chi connectivity index (χ1v) is 6.35. The minimum Gasteiger partial charge on any atom is -0.493 e. The summed E-state index contributed by atoms with van der Waals surface area (Å²) in [5.74, 6) is -1.19. The molecule has 1 aromatic carbocycles. The first kappa shape index (κ1) is 14.8. The van der Waals surface area contributed by atoms with Gasteiger partial charge in [-0.05, 0) is 29.3 Å². The lowest BCUT2D eigenvalue weighted by Gasteiger charge is -2.06. The molecule has 2 rings (SSSR count). The fourth-order valence-corrected chi connectivity index (χ4v) is 1.82. The van der Waals surface area contributed by atoms with E-state index in [1.165, 1.54) is 18.2 Å². The lowest BCUT2D eigenvalue weighted by molar-refractivity contribution is -0.131. The highest BCUT2D eigenvalue weighted by Gasteiger charge is 2.02. The summed E-state index contributed by atoms with van der Waals surface area (Å²) in [6, 6.07) is 4.10. The zero-order valence-corrected chi connectivity index (χ0v) is 11.5. The van der Waals surface area contributed by atoms with Crippen molar-refractivity contribution in [1.82, 2.24) is 9.78 Å². The SMILES string of the molecule is Cn1cc(CCOc2cc(F)cc(/C=C/C(=O)O)c2)cn1. The Morgan fingerprint density at radius 3 is 2.95 bits per heavy atom. The Bertz CT molecular complexity index is 665. The molecule has 0 aliphatic rings. The maximum Gasteiger partial charge on any atom is 0.328 e. The van der Waals surface area contributed by atoms with Gasteiger partial charge in [0, 0.05) is 31.8 Å². The molecule has 1 aromatic heterocycles. The number of hydrogen-bond donors (Lipinski definition) is 1. The molecule has 0 radical (unpaired) electrons. The van der Waals surface area contributed by atoms with Gasteiger partial charge in [0.2, 0.25) is 0 Å². The minimum absolute atomic E-state index is 0.365. The second-order valence-electron chi connectivity index (χ2n) is 4.51. The molecule has 0 aliphatic carbocycles. The van der Waals surface area contributed by atoms with Crippen LogP contribution in [-0.2, 0) is 18.3 Å². The first-order valence-electron chi connectivity index (χ1n) is 6.35. The number of halogens is 1. The zero-order chi connectivity index (χ0) is 15.2. The van der Waals surface area contributed by atoms with E-state index < -0.39 is 11.8 Å². The van der Waals surface area contributed by atoms with Crippen LogP contribution < -0.4 is 4.74 Å². The molecule has 0 aliphatic heterocycles. The summed E-state index contributed by atoms with van der Waals surface area (Å²) in [4.78, 5) is 10.5. The van der Waals surface area contributed by atoms with Gasteiger partial charge in [-0.1, -0.05) is 0 Å². The summed E-state index contributed by atoms with van der Waals surface area (Å²) in [5, 5.41) is 12.6. The fourth-order valence-electron chi connectivity index (χ4n) is 1.82. The summed E-state index contributed by atoms with van der Waals surface area (Å²) >= 11 is 0. The van der Waals surface area contributed by atoms with Gasteiger partial charge in [0.1, 0.15) is 11.6 Å². The number of aliphatic carboxylic acids is 1. The van der Waals surface area contributed by atoms with Crippen molar-refractivity contribution in [1.29, 1.82) is 0 Å². The van der Waals surface area contributed by atoms with Crippen LogP contribution in [0.2, 0.25) is 0 Å². The predicted octanol–water partition coefficient (Wildman–Crippen LogP) is 2.28. The van der Waals surface area contributed by atoms with Crippen molar-refractivity contribution < 1.29 is 19.0 Å². The number of rotatable bonds is 6. The van der Waals surface area contributed by atoms with Crippen molar-refractivity contribution in [2.24, 2.45) is 7.05 Å². The Morgan fingerprint density at radius 2 is 2.29 bits per heavy atom. The molecule has 1 heterocycles. The number of aryl methyl sites for hydroxylation is 1. The Kier molecular flexibility index (Phi) is 4.71. The number of carbonyl (C=O) groups is 1. The van der Waals surface area contributed by atoms with Gasteiger partial charge in [-0.2, -0.15) is 5.10 Å². The highest BCUT2D eigenvalue weighted by Crippen LogP contribution is 2.18. The molecule has 0 bridgehead atoms. The normalized spacial score (nSPS) is 11.0. The van der Waals surface area contributed by atoms with Crippen molar-refractivity contribution in [3.63, 3.8) is 0 Å². The Balaban J connectivity index is 1.97. The molecule has 0 saturated heterocycles. The maximum absolute atomic E-state index is 13.4. The summed E-state index contributed by atoms with van der Waals surface area (Å²) in [6.07, 6.45) is 6.56. The Morgan fingerprint density at radius 1 is 1.48 bits per heavy atom. The molecule has 2 aromatic rings. The molecule has 21 heavy (non-hydrogen) atoms. The van der Waals surface area contributed by atoms with Gasteiger partial charge in [-0.15, -0.1) is 0 Å². The lowest BCUT2D eigenvalue weighted by Crippen LogP contribution is -2.01. The second-order valence-corrected chi connectivity index (χ2v) is 4.51. The van der Waals surface area contributed by atoms with Gasteiger partial charge in [0.15, 0.2) is 0 Å². The second kappa shape index (κ2) is 6.69.